The lowest BCUT2D eigenvalue weighted by molar-refractivity contribution is 0.102. The first-order valence-corrected chi connectivity index (χ1v) is 5.77. The molecule has 0 aliphatic rings. The Morgan fingerprint density at radius 2 is 2.06 bits per heavy atom. The minimum absolute atomic E-state index is 0.264. The monoisotopic (exact) mass is 261 g/mol. The molecule has 1 aromatic carbocycles. The molecule has 0 bridgehead atoms. The molecule has 0 aliphatic carbocycles. The molecule has 0 radical (unpaired) electrons. The molecule has 1 heterocycles. The van der Waals surface area contributed by atoms with Gasteiger partial charge in [-0.15, -0.1) is 0 Å². The van der Waals surface area contributed by atoms with Crippen molar-refractivity contribution in [2.24, 2.45) is 0 Å². The number of carbonyl (C=O) groups is 1. The summed E-state index contributed by atoms with van der Waals surface area (Å²) in [5, 5.41) is 6.24. The van der Waals surface area contributed by atoms with Crippen molar-refractivity contribution in [2.45, 2.75) is 0 Å². The van der Waals surface area contributed by atoms with E-state index in [0.717, 1.165) is 5.69 Å². The molecular formula is C13H12ClN3O. The third kappa shape index (κ3) is 2.99. The van der Waals surface area contributed by atoms with Crippen LogP contribution in [0.5, 0.6) is 0 Å². The third-order valence-corrected chi connectivity index (χ3v) is 2.60. The van der Waals surface area contributed by atoms with Crippen LogP contribution in [-0.2, 0) is 0 Å². The Labute approximate surface area is 110 Å². The zero-order chi connectivity index (χ0) is 13.0. The van der Waals surface area contributed by atoms with E-state index in [1.807, 2.05) is 0 Å². The molecule has 1 amide bonds. The smallest absolute Gasteiger partial charge is 0.274 e. The molecule has 0 spiro atoms. The van der Waals surface area contributed by atoms with E-state index in [-0.39, 0.29) is 5.91 Å². The number of anilines is 2. The summed E-state index contributed by atoms with van der Waals surface area (Å²) in [4.78, 5) is 15.9. The number of benzene rings is 1. The molecule has 0 fully saturated rings. The third-order valence-electron chi connectivity index (χ3n) is 2.37. The number of nitrogens with zero attached hydrogens (tertiary/aromatic N) is 1. The lowest BCUT2D eigenvalue weighted by Crippen LogP contribution is -2.13. The summed E-state index contributed by atoms with van der Waals surface area (Å²) in [5.74, 6) is -0.264. The molecule has 18 heavy (non-hydrogen) atoms. The molecule has 0 saturated heterocycles. The van der Waals surface area contributed by atoms with E-state index in [1.165, 1.54) is 0 Å². The number of carbonyl (C=O) groups excluding carboxylic acids is 1. The summed E-state index contributed by atoms with van der Waals surface area (Å²) in [5.41, 5.74) is 1.86. The first kappa shape index (κ1) is 12.4. The summed E-state index contributed by atoms with van der Waals surface area (Å²) >= 11 is 5.84. The van der Waals surface area contributed by atoms with Crippen LogP contribution < -0.4 is 10.6 Å². The minimum Gasteiger partial charge on any atom is -0.387 e. The number of hydrogen-bond acceptors (Lipinski definition) is 3. The number of halogens is 1. The second-order valence-electron chi connectivity index (χ2n) is 3.65. The van der Waals surface area contributed by atoms with Crippen LogP contribution in [0.1, 0.15) is 10.5 Å². The topological polar surface area (TPSA) is 54.0 Å². The van der Waals surface area contributed by atoms with Crippen molar-refractivity contribution >= 4 is 28.9 Å². The highest BCUT2D eigenvalue weighted by molar-refractivity contribution is 6.30. The zero-order valence-electron chi connectivity index (χ0n) is 9.77. The number of hydrogen-bond donors (Lipinski definition) is 2. The number of nitrogens with one attached hydrogen (secondary N) is 2. The van der Waals surface area contributed by atoms with Crippen molar-refractivity contribution in [2.75, 3.05) is 17.7 Å². The van der Waals surface area contributed by atoms with Crippen molar-refractivity contribution in [1.29, 1.82) is 0 Å². The van der Waals surface area contributed by atoms with Crippen molar-refractivity contribution in [3.63, 3.8) is 0 Å². The fourth-order valence-corrected chi connectivity index (χ4v) is 1.63. The van der Waals surface area contributed by atoms with Crippen LogP contribution in [0.15, 0.2) is 42.6 Å². The number of aromatic nitrogens is 1. The molecule has 0 atom stereocenters. The van der Waals surface area contributed by atoms with Crippen LogP contribution in [-0.4, -0.2) is 17.9 Å². The van der Waals surface area contributed by atoms with Gasteiger partial charge < -0.3 is 10.6 Å². The maximum atomic E-state index is 11.9. The standard InChI is InChI=1S/C13H12ClN3O/c1-15-11-5-6-12(16-8-11)13(18)17-10-4-2-3-9(14)7-10/h2-8,15H,1H3,(H,17,18). The van der Waals surface area contributed by atoms with Gasteiger partial charge in [-0.1, -0.05) is 17.7 Å². The molecule has 5 heteroatoms. The van der Waals surface area contributed by atoms with Gasteiger partial charge in [0.05, 0.1) is 11.9 Å². The van der Waals surface area contributed by atoms with Gasteiger partial charge in [0.15, 0.2) is 0 Å². The van der Waals surface area contributed by atoms with E-state index < -0.39 is 0 Å². The fourth-order valence-electron chi connectivity index (χ4n) is 1.44. The highest BCUT2D eigenvalue weighted by Crippen LogP contribution is 2.15. The molecule has 0 saturated carbocycles. The lowest BCUT2D eigenvalue weighted by Gasteiger charge is -2.05. The first-order valence-electron chi connectivity index (χ1n) is 5.40. The second-order valence-corrected chi connectivity index (χ2v) is 4.08. The Bertz CT molecular complexity index is 554. The van der Waals surface area contributed by atoms with E-state index in [9.17, 15) is 4.79 Å². The molecular weight excluding hydrogens is 250 g/mol. The Morgan fingerprint density at radius 1 is 1.22 bits per heavy atom. The Balaban J connectivity index is 2.11. The normalized spacial score (nSPS) is 9.89. The molecule has 4 nitrogen and oxygen atoms in total. The van der Waals surface area contributed by atoms with Crippen molar-refractivity contribution < 1.29 is 4.79 Å². The van der Waals surface area contributed by atoms with Crippen LogP contribution in [0.3, 0.4) is 0 Å². The van der Waals surface area contributed by atoms with Gasteiger partial charge in [0.1, 0.15) is 5.69 Å². The maximum Gasteiger partial charge on any atom is 0.274 e. The summed E-state index contributed by atoms with van der Waals surface area (Å²) in [7, 11) is 1.79. The van der Waals surface area contributed by atoms with Gasteiger partial charge in [-0.2, -0.15) is 0 Å². The molecule has 2 N–H and O–H groups in total. The number of rotatable bonds is 3. The van der Waals surface area contributed by atoms with Gasteiger partial charge in [-0.25, -0.2) is 4.98 Å². The maximum absolute atomic E-state index is 11.9. The van der Waals surface area contributed by atoms with Gasteiger partial charge in [0.25, 0.3) is 5.91 Å². The van der Waals surface area contributed by atoms with Crippen molar-refractivity contribution in [3.8, 4) is 0 Å². The van der Waals surface area contributed by atoms with Gasteiger partial charge in [0, 0.05) is 17.8 Å². The average Bonchev–Trinajstić information content (AvgIpc) is 2.39. The highest BCUT2D eigenvalue weighted by Gasteiger charge is 2.07. The van der Waals surface area contributed by atoms with Gasteiger partial charge >= 0.3 is 0 Å². The first-order chi connectivity index (χ1) is 8.69. The summed E-state index contributed by atoms with van der Waals surface area (Å²) in [6, 6.07) is 10.4. The van der Waals surface area contributed by atoms with Gasteiger partial charge in [0.2, 0.25) is 0 Å². The van der Waals surface area contributed by atoms with Crippen LogP contribution in [0.4, 0.5) is 11.4 Å². The molecule has 0 aliphatic heterocycles. The van der Waals surface area contributed by atoms with E-state index in [1.54, 1.807) is 49.6 Å². The Kier molecular flexibility index (Phi) is 3.79. The molecule has 0 unspecified atom stereocenters. The van der Waals surface area contributed by atoms with Crippen molar-refractivity contribution in [1.82, 2.24) is 4.98 Å². The molecule has 92 valence electrons. The van der Waals surface area contributed by atoms with Crippen molar-refractivity contribution in [3.05, 3.63) is 53.3 Å². The highest BCUT2D eigenvalue weighted by atomic mass is 35.5. The summed E-state index contributed by atoms with van der Waals surface area (Å²) in [6.45, 7) is 0. The van der Waals surface area contributed by atoms with Crippen LogP contribution in [0.25, 0.3) is 0 Å². The predicted octanol–water partition coefficient (Wildman–Crippen LogP) is 3.03. The number of pyridine rings is 1. The van der Waals surface area contributed by atoms with E-state index >= 15 is 0 Å². The largest absolute Gasteiger partial charge is 0.387 e. The quantitative estimate of drug-likeness (QED) is 0.893. The second kappa shape index (κ2) is 5.51. The predicted molar refractivity (Wildman–Crippen MR) is 73.2 cm³/mol. The fraction of sp³-hybridized carbons (Fsp3) is 0.0769. The van der Waals surface area contributed by atoms with Crippen LogP contribution in [0.2, 0.25) is 5.02 Å². The minimum atomic E-state index is -0.264. The molecule has 1 aromatic heterocycles. The molecule has 2 aromatic rings. The van der Waals surface area contributed by atoms with E-state index in [2.05, 4.69) is 15.6 Å². The summed E-state index contributed by atoms with van der Waals surface area (Å²) in [6.07, 6.45) is 1.60. The number of amides is 1. The van der Waals surface area contributed by atoms with Gasteiger partial charge in [-0.3, -0.25) is 4.79 Å². The molecule has 2 rings (SSSR count). The van der Waals surface area contributed by atoms with Crippen LogP contribution in [0, 0.1) is 0 Å². The summed E-state index contributed by atoms with van der Waals surface area (Å²) < 4.78 is 0. The lowest BCUT2D eigenvalue weighted by atomic mass is 10.3. The Morgan fingerprint density at radius 3 is 2.67 bits per heavy atom. The average molecular weight is 262 g/mol. The Hall–Kier alpha value is -2.07. The van der Waals surface area contributed by atoms with E-state index in [4.69, 9.17) is 11.6 Å². The zero-order valence-corrected chi connectivity index (χ0v) is 10.5. The van der Waals surface area contributed by atoms with Gasteiger partial charge in [-0.05, 0) is 30.3 Å². The van der Waals surface area contributed by atoms with Crippen LogP contribution >= 0.6 is 11.6 Å². The van der Waals surface area contributed by atoms with E-state index in [0.29, 0.717) is 16.4 Å². The SMILES string of the molecule is CNc1ccc(C(=O)Nc2cccc(Cl)c2)nc1.